The van der Waals surface area contributed by atoms with Crippen molar-refractivity contribution < 1.29 is 9.53 Å². The monoisotopic (exact) mass is 404 g/mol. The van der Waals surface area contributed by atoms with Gasteiger partial charge in [0.25, 0.3) is 5.91 Å². The van der Waals surface area contributed by atoms with E-state index in [-0.39, 0.29) is 11.8 Å². The number of hydrogen-bond donors (Lipinski definition) is 0. The number of carbonyl (C=O) groups excluding carboxylic acids is 1. The molecular formula is C20H20N8O2. The molecule has 0 spiro atoms. The van der Waals surface area contributed by atoms with Crippen molar-refractivity contribution in [3.8, 4) is 11.6 Å². The van der Waals surface area contributed by atoms with E-state index >= 15 is 0 Å². The van der Waals surface area contributed by atoms with Gasteiger partial charge in [-0.05, 0) is 31.0 Å². The molecule has 0 atom stereocenters. The summed E-state index contributed by atoms with van der Waals surface area (Å²) in [6, 6.07) is 13.1. The third-order valence-corrected chi connectivity index (χ3v) is 5.32. The van der Waals surface area contributed by atoms with Crippen LogP contribution in [-0.2, 0) is 0 Å². The van der Waals surface area contributed by atoms with Crippen molar-refractivity contribution in [3.05, 3.63) is 60.2 Å². The summed E-state index contributed by atoms with van der Waals surface area (Å²) in [4.78, 5) is 16.2. The fourth-order valence-electron chi connectivity index (χ4n) is 3.70. The summed E-state index contributed by atoms with van der Waals surface area (Å²) in [6.45, 7) is 1.22. The van der Waals surface area contributed by atoms with Crippen LogP contribution in [0.25, 0.3) is 11.3 Å². The van der Waals surface area contributed by atoms with E-state index in [1.807, 2.05) is 41.3 Å². The van der Waals surface area contributed by atoms with Crippen LogP contribution in [0.1, 0.15) is 35.1 Å². The topological polar surface area (TPSA) is 103 Å². The predicted molar refractivity (Wildman–Crippen MR) is 107 cm³/mol. The highest BCUT2D eigenvalue weighted by molar-refractivity contribution is 5.92. The van der Waals surface area contributed by atoms with Crippen molar-refractivity contribution in [1.82, 2.24) is 39.7 Å². The zero-order valence-corrected chi connectivity index (χ0v) is 16.4. The van der Waals surface area contributed by atoms with E-state index in [0.717, 1.165) is 24.4 Å². The number of rotatable bonds is 4. The molecule has 152 valence electrons. The third-order valence-electron chi connectivity index (χ3n) is 5.32. The Kier molecular flexibility index (Phi) is 4.58. The minimum absolute atomic E-state index is 0.110. The lowest BCUT2D eigenvalue weighted by molar-refractivity contribution is 0.0704. The van der Waals surface area contributed by atoms with E-state index in [1.54, 1.807) is 17.7 Å². The quantitative estimate of drug-likeness (QED) is 0.510. The molecule has 1 aliphatic heterocycles. The average molecular weight is 404 g/mol. The van der Waals surface area contributed by atoms with Crippen LogP contribution in [0, 0.1) is 0 Å². The Morgan fingerprint density at radius 3 is 2.60 bits per heavy atom. The van der Waals surface area contributed by atoms with Crippen molar-refractivity contribution >= 4 is 11.6 Å². The van der Waals surface area contributed by atoms with E-state index in [4.69, 9.17) is 4.74 Å². The molecule has 1 amide bonds. The highest BCUT2D eigenvalue weighted by Gasteiger charge is 2.29. The molecule has 10 nitrogen and oxygen atoms in total. The van der Waals surface area contributed by atoms with Gasteiger partial charge >= 0.3 is 0 Å². The molecular weight excluding hydrogens is 384 g/mol. The Morgan fingerprint density at radius 2 is 1.83 bits per heavy atom. The van der Waals surface area contributed by atoms with Crippen LogP contribution in [-0.4, -0.2) is 65.8 Å². The maximum absolute atomic E-state index is 12.9. The smallest absolute Gasteiger partial charge is 0.276 e. The molecule has 10 heteroatoms. The average Bonchev–Trinajstić information content (AvgIpc) is 3.46. The Morgan fingerprint density at radius 1 is 1.03 bits per heavy atom. The molecule has 4 heterocycles. The number of methoxy groups -OCH3 is 1. The molecule has 0 bridgehead atoms. The summed E-state index contributed by atoms with van der Waals surface area (Å²) < 4.78 is 6.94. The number of benzene rings is 1. The van der Waals surface area contributed by atoms with Crippen LogP contribution in [0.5, 0.6) is 5.88 Å². The van der Waals surface area contributed by atoms with Gasteiger partial charge in [0.05, 0.1) is 19.0 Å². The van der Waals surface area contributed by atoms with Crippen molar-refractivity contribution in [3.63, 3.8) is 0 Å². The predicted octanol–water partition coefficient (Wildman–Crippen LogP) is 1.73. The summed E-state index contributed by atoms with van der Waals surface area (Å²) in [5.41, 5.74) is 1.84. The Bertz CT molecular complexity index is 1180. The largest absolute Gasteiger partial charge is 0.480 e. The number of ether oxygens (including phenoxy) is 1. The highest BCUT2D eigenvalue weighted by Crippen LogP contribution is 2.27. The van der Waals surface area contributed by atoms with Crippen molar-refractivity contribution in [2.75, 3.05) is 20.2 Å². The standard InChI is InChI=1S/C20H20N8O2/c1-30-18-8-7-17-22-23-19(27(17)25-18)14-9-11-26(12-10-14)20(29)16-13-21-28(24-16)15-5-3-2-4-6-15/h2-8,13-14H,9-12H2,1H3. The number of piperidine rings is 1. The molecule has 1 fully saturated rings. The Hall–Kier alpha value is -3.82. The normalized spacial score (nSPS) is 14.9. The number of nitrogens with zero attached hydrogens (tertiary/aromatic N) is 8. The first-order valence-electron chi connectivity index (χ1n) is 9.76. The number of fused-ring (bicyclic) bond motifs is 1. The number of hydrogen-bond acceptors (Lipinski definition) is 7. The maximum Gasteiger partial charge on any atom is 0.276 e. The third kappa shape index (κ3) is 3.25. The van der Waals surface area contributed by atoms with Crippen LogP contribution < -0.4 is 4.74 Å². The van der Waals surface area contributed by atoms with Crippen molar-refractivity contribution in [2.24, 2.45) is 0 Å². The molecule has 0 saturated carbocycles. The van der Waals surface area contributed by atoms with E-state index in [9.17, 15) is 4.79 Å². The second kappa shape index (κ2) is 7.54. The van der Waals surface area contributed by atoms with E-state index in [2.05, 4.69) is 25.5 Å². The van der Waals surface area contributed by atoms with Crippen LogP contribution in [0.15, 0.2) is 48.7 Å². The lowest BCUT2D eigenvalue weighted by Gasteiger charge is -2.30. The molecule has 1 saturated heterocycles. The fraction of sp³-hybridized carbons (Fsp3) is 0.300. The first-order chi connectivity index (χ1) is 14.7. The molecule has 4 aromatic rings. The summed E-state index contributed by atoms with van der Waals surface area (Å²) in [5, 5.41) is 21.5. The zero-order chi connectivity index (χ0) is 20.5. The summed E-state index contributed by atoms with van der Waals surface area (Å²) in [6.07, 6.45) is 3.07. The Labute approximate surface area is 172 Å². The maximum atomic E-state index is 12.9. The molecule has 1 aromatic carbocycles. The number of para-hydroxylation sites is 1. The zero-order valence-electron chi connectivity index (χ0n) is 16.4. The molecule has 30 heavy (non-hydrogen) atoms. The van der Waals surface area contributed by atoms with Gasteiger partial charge < -0.3 is 9.64 Å². The van der Waals surface area contributed by atoms with Crippen molar-refractivity contribution in [2.45, 2.75) is 18.8 Å². The minimum atomic E-state index is -0.110. The van der Waals surface area contributed by atoms with Gasteiger partial charge in [0.1, 0.15) is 0 Å². The second-order valence-electron chi connectivity index (χ2n) is 7.13. The van der Waals surface area contributed by atoms with E-state index in [0.29, 0.717) is 30.3 Å². The SMILES string of the molecule is COc1ccc2nnc(C3CCN(C(=O)c4cnn(-c5ccccc5)n4)CC3)n2n1. The van der Waals surface area contributed by atoms with Crippen LogP contribution >= 0.6 is 0 Å². The van der Waals surface area contributed by atoms with Crippen LogP contribution in [0.3, 0.4) is 0 Å². The van der Waals surface area contributed by atoms with Gasteiger partial charge in [-0.1, -0.05) is 18.2 Å². The molecule has 3 aromatic heterocycles. The molecule has 0 radical (unpaired) electrons. The van der Waals surface area contributed by atoms with E-state index < -0.39 is 0 Å². The van der Waals surface area contributed by atoms with Gasteiger partial charge in [0.2, 0.25) is 5.88 Å². The minimum Gasteiger partial charge on any atom is -0.480 e. The molecule has 1 aliphatic rings. The lowest BCUT2D eigenvalue weighted by atomic mass is 9.96. The van der Waals surface area contributed by atoms with Crippen LogP contribution in [0.2, 0.25) is 0 Å². The van der Waals surface area contributed by atoms with E-state index in [1.165, 1.54) is 11.0 Å². The fourth-order valence-corrected chi connectivity index (χ4v) is 3.70. The van der Waals surface area contributed by atoms with Crippen LogP contribution in [0.4, 0.5) is 0 Å². The summed E-state index contributed by atoms with van der Waals surface area (Å²) in [7, 11) is 1.58. The summed E-state index contributed by atoms with van der Waals surface area (Å²) in [5.74, 6) is 1.37. The number of carbonyl (C=O) groups is 1. The molecule has 0 N–H and O–H groups in total. The van der Waals surface area contributed by atoms with Gasteiger partial charge in [-0.3, -0.25) is 4.79 Å². The molecule has 0 unspecified atom stereocenters. The summed E-state index contributed by atoms with van der Waals surface area (Å²) >= 11 is 0. The Balaban J connectivity index is 1.28. The van der Waals surface area contributed by atoms with Crippen molar-refractivity contribution in [1.29, 1.82) is 0 Å². The van der Waals surface area contributed by atoms with Gasteiger partial charge in [0.15, 0.2) is 17.2 Å². The molecule has 0 aliphatic carbocycles. The van der Waals surface area contributed by atoms with Gasteiger partial charge in [-0.25, -0.2) is 0 Å². The molecule has 5 rings (SSSR count). The number of amides is 1. The first-order valence-corrected chi connectivity index (χ1v) is 9.76. The number of likely N-dealkylation sites (tertiary alicyclic amines) is 1. The first kappa shape index (κ1) is 18.2. The number of aromatic nitrogens is 7. The van der Waals surface area contributed by atoms with Gasteiger partial charge in [-0.2, -0.15) is 14.4 Å². The van der Waals surface area contributed by atoms with Gasteiger partial charge in [-0.15, -0.1) is 20.4 Å². The highest BCUT2D eigenvalue weighted by atomic mass is 16.5. The second-order valence-corrected chi connectivity index (χ2v) is 7.13. The van der Waals surface area contributed by atoms with Gasteiger partial charge in [0, 0.05) is 25.1 Å². The lowest BCUT2D eigenvalue weighted by Crippen LogP contribution is -2.38.